The van der Waals surface area contributed by atoms with E-state index in [4.69, 9.17) is 0 Å². The van der Waals surface area contributed by atoms with Gasteiger partial charge in [-0.3, -0.25) is 4.79 Å². The first-order valence-electron chi connectivity index (χ1n) is 8.48. The average Bonchev–Trinajstić information content (AvgIpc) is 2.97. The summed E-state index contributed by atoms with van der Waals surface area (Å²) in [5.41, 5.74) is 1.00. The third-order valence-electron chi connectivity index (χ3n) is 4.30. The van der Waals surface area contributed by atoms with Gasteiger partial charge in [0.1, 0.15) is 0 Å². The Labute approximate surface area is 152 Å². The Bertz CT molecular complexity index is 808. The van der Waals surface area contributed by atoms with Gasteiger partial charge in [-0.1, -0.05) is 43.2 Å². The van der Waals surface area contributed by atoms with Crippen molar-refractivity contribution in [2.24, 2.45) is 0 Å². The highest BCUT2D eigenvalue weighted by Gasteiger charge is 2.27. The van der Waals surface area contributed by atoms with Gasteiger partial charge in [-0.05, 0) is 24.5 Å². The van der Waals surface area contributed by atoms with E-state index in [0.717, 1.165) is 31.2 Å². The fourth-order valence-electron chi connectivity index (χ4n) is 2.87. The van der Waals surface area contributed by atoms with Gasteiger partial charge in [-0.2, -0.15) is 4.31 Å². The van der Waals surface area contributed by atoms with E-state index in [2.05, 4.69) is 5.32 Å². The summed E-state index contributed by atoms with van der Waals surface area (Å²) in [7, 11) is -3.50. The molecular formula is C18H22N2O3S2. The monoisotopic (exact) mass is 378 g/mol. The highest BCUT2D eigenvalue weighted by molar-refractivity contribution is 7.89. The fourth-order valence-corrected chi connectivity index (χ4v) is 5.56. The van der Waals surface area contributed by atoms with Gasteiger partial charge >= 0.3 is 0 Å². The number of thiophene rings is 1. The zero-order valence-electron chi connectivity index (χ0n) is 14.0. The number of rotatable bonds is 5. The summed E-state index contributed by atoms with van der Waals surface area (Å²) in [5.74, 6) is -0.244. The number of carbonyl (C=O) groups is 1. The number of sulfonamides is 1. The summed E-state index contributed by atoms with van der Waals surface area (Å²) in [6, 6.07) is 11.1. The van der Waals surface area contributed by atoms with Gasteiger partial charge in [-0.25, -0.2) is 8.42 Å². The summed E-state index contributed by atoms with van der Waals surface area (Å²) >= 11 is 1.17. The summed E-state index contributed by atoms with van der Waals surface area (Å²) in [4.78, 5) is 12.9. The molecule has 2 aromatic rings. The lowest BCUT2D eigenvalue weighted by Gasteiger charge is -2.18. The van der Waals surface area contributed by atoms with E-state index >= 15 is 0 Å². The Hall–Kier alpha value is -1.70. The minimum Gasteiger partial charge on any atom is -0.347 e. The molecular weight excluding hydrogens is 356 g/mol. The zero-order chi connectivity index (χ0) is 17.7. The van der Waals surface area contributed by atoms with Gasteiger partial charge in [0.2, 0.25) is 10.0 Å². The van der Waals surface area contributed by atoms with Crippen molar-refractivity contribution in [3.05, 3.63) is 52.2 Å². The van der Waals surface area contributed by atoms with Crippen molar-refractivity contribution in [2.75, 3.05) is 13.1 Å². The third kappa shape index (κ3) is 4.48. The molecule has 2 heterocycles. The van der Waals surface area contributed by atoms with Gasteiger partial charge in [0.05, 0.1) is 9.77 Å². The molecule has 0 aliphatic carbocycles. The Morgan fingerprint density at radius 1 is 1.08 bits per heavy atom. The van der Waals surface area contributed by atoms with Crippen molar-refractivity contribution in [3.8, 4) is 0 Å². The SMILES string of the molecule is O=C(NCc1ccccc1)c1cc(S(=O)(=O)N2CCCCCC2)cs1. The van der Waals surface area contributed by atoms with E-state index in [1.807, 2.05) is 30.3 Å². The van der Waals surface area contributed by atoms with E-state index in [-0.39, 0.29) is 10.8 Å². The highest BCUT2D eigenvalue weighted by Crippen LogP contribution is 2.25. The summed E-state index contributed by atoms with van der Waals surface area (Å²) in [6.07, 6.45) is 3.94. The molecule has 0 bridgehead atoms. The van der Waals surface area contributed by atoms with E-state index in [1.54, 1.807) is 9.69 Å². The van der Waals surface area contributed by atoms with E-state index < -0.39 is 10.0 Å². The number of amides is 1. The van der Waals surface area contributed by atoms with Crippen LogP contribution in [0.2, 0.25) is 0 Å². The molecule has 0 radical (unpaired) electrons. The first-order chi connectivity index (χ1) is 12.1. The lowest BCUT2D eigenvalue weighted by molar-refractivity contribution is 0.0955. The van der Waals surface area contributed by atoms with Crippen molar-refractivity contribution in [1.29, 1.82) is 0 Å². The number of hydrogen-bond donors (Lipinski definition) is 1. The predicted molar refractivity (Wildman–Crippen MR) is 99.2 cm³/mol. The smallest absolute Gasteiger partial charge is 0.261 e. The van der Waals surface area contributed by atoms with Gasteiger partial charge in [0.25, 0.3) is 5.91 Å². The van der Waals surface area contributed by atoms with Crippen LogP contribution < -0.4 is 5.32 Å². The molecule has 1 aliphatic rings. The van der Waals surface area contributed by atoms with Crippen LogP contribution in [-0.2, 0) is 16.6 Å². The van der Waals surface area contributed by atoms with Crippen LogP contribution in [0.5, 0.6) is 0 Å². The van der Waals surface area contributed by atoms with Crippen LogP contribution in [-0.4, -0.2) is 31.7 Å². The molecule has 3 rings (SSSR count). The first-order valence-corrected chi connectivity index (χ1v) is 10.8. The Morgan fingerprint density at radius 3 is 2.44 bits per heavy atom. The van der Waals surface area contributed by atoms with Crippen molar-refractivity contribution in [2.45, 2.75) is 37.1 Å². The molecule has 0 atom stereocenters. The molecule has 7 heteroatoms. The topological polar surface area (TPSA) is 66.5 Å². The van der Waals surface area contributed by atoms with Crippen LogP contribution in [0.25, 0.3) is 0 Å². The molecule has 25 heavy (non-hydrogen) atoms. The number of nitrogens with one attached hydrogen (secondary N) is 1. The minimum absolute atomic E-state index is 0.226. The number of nitrogens with zero attached hydrogens (tertiary/aromatic N) is 1. The molecule has 0 spiro atoms. The fraction of sp³-hybridized carbons (Fsp3) is 0.389. The Balaban J connectivity index is 1.67. The molecule has 1 aromatic carbocycles. The molecule has 0 unspecified atom stereocenters. The maximum Gasteiger partial charge on any atom is 0.261 e. The van der Waals surface area contributed by atoms with Crippen molar-refractivity contribution >= 4 is 27.3 Å². The lowest BCUT2D eigenvalue weighted by Crippen LogP contribution is -2.31. The second-order valence-corrected chi connectivity index (χ2v) is 8.98. The van der Waals surface area contributed by atoms with Gasteiger partial charge < -0.3 is 5.32 Å². The predicted octanol–water partition coefficient (Wildman–Crippen LogP) is 3.24. The van der Waals surface area contributed by atoms with Crippen molar-refractivity contribution in [3.63, 3.8) is 0 Å². The van der Waals surface area contributed by atoms with Crippen molar-refractivity contribution in [1.82, 2.24) is 9.62 Å². The standard InChI is InChI=1S/C18H22N2O3S2/c21-18(19-13-15-8-4-3-5-9-15)17-12-16(14-24-17)25(22,23)20-10-6-1-2-7-11-20/h3-5,8-9,12,14H,1-2,6-7,10-11,13H2,(H,19,21). The number of hydrogen-bond acceptors (Lipinski definition) is 4. The van der Waals surface area contributed by atoms with Crippen LogP contribution in [0.4, 0.5) is 0 Å². The molecule has 5 nitrogen and oxygen atoms in total. The third-order valence-corrected chi connectivity index (χ3v) is 7.25. The Kier molecular flexibility index (Phi) is 5.88. The maximum atomic E-state index is 12.8. The van der Waals surface area contributed by atoms with Crippen LogP contribution in [0, 0.1) is 0 Å². The maximum absolute atomic E-state index is 12.8. The molecule has 1 saturated heterocycles. The quantitative estimate of drug-likeness (QED) is 0.868. The van der Waals surface area contributed by atoms with E-state index in [9.17, 15) is 13.2 Å². The molecule has 1 aliphatic heterocycles. The van der Waals surface area contributed by atoms with Gasteiger partial charge in [-0.15, -0.1) is 11.3 Å². The second kappa shape index (κ2) is 8.12. The summed E-state index contributed by atoms with van der Waals surface area (Å²) in [5, 5.41) is 4.40. The van der Waals surface area contributed by atoms with E-state index in [0.29, 0.717) is 24.5 Å². The molecule has 134 valence electrons. The molecule has 1 amide bonds. The highest BCUT2D eigenvalue weighted by atomic mass is 32.2. The second-order valence-electron chi connectivity index (χ2n) is 6.13. The summed E-state index contributed by atoms with van der Waals surface area (Å²) < 4.78 is 27.1. The van der Waals surface area contributed by atoms with E-state index in [1.165, 1.54) is 17.4 Å². The molecule has 0 saturated carbocycles. The van der Waals surface area contributed by atoms with Gasteiger partial charge in [0, 0.05) is 25.0 Å². The number of benzene rings is 1. The van der Waals surface area contributed by atoms with Crippen molar-refractivity contribution < 1.29 is 13.2 Å². The van der Waals surface area contributed by atoms with Crippen LogP contribution in [0.1, 0.15) is 40.9 Å². The molecule has 1 N–H and O–H groups in total. The largest absolute Gasteiger partial charge is 0.347 e. The van der Waals surface area contributed by atoms with Gasteiger partial charge in [0.15, 0.2) is 0 Å². The van der Waals surface area contributed by atoms with Crippen LogP contribution in [0.15, 0.2) is 46.7 Å². The summed E-state index contributed by atoms with van der Waals surface area (Å²) in [6.45, 7) is 1.55. The van der Waals surface area contributed by atoms with Crippen LogP contribution in [0.3, 0.4) is 0 Å². The molecule has 1 aromatic heterocycles. The minimum atomic E-state index is -3.50. The first kappa shape index (κ1) is 18.1. The lowest BCUT2D eigenvalue weighted by atomic mass is 10.2. The Morgan fingerprint density at radius 2 is 1.76 bits per heavy atom. The normalized spacial score (nSPS) is 16.3. The molecule has 1 fully saturated rings. The average molecular weight is 379 g/mol. The zero-order valence-corrected chi connectivity index (χ0v) is 15.6. The van der Waals surface area contributed by atoms with Crippen LogP contribution >= 0.6 is 11.3 Å². The number of carbonyl (C=O) groups excluding carboxylic acids is 1.